The van der Waals surface area contributed by atoms with Gasteiger partial charge in [-0.1, -0.05) is 6.07 Å². The van der Waals surface area contributed by atoms with Crippen molar-refractivity contribution in [2.24, 2.45) is 0 Å². The molecule has 1 saturated heterocycles. The molecule has 1 heterocycles. The minimum absolute atomic E-state index is 0.000498. The van der Waals surface area contributed by atoms with Crippen LogP contribution in [-0.4, -0.2) is 50.1 Å². The molecule has 1 aliphatic heterocycles. The molecule has 1 aromatic rings. The average Bonchev–Trinajstić information content (AvgIpc) is 2.53. The van der Waals surface area contributed by atoms with Crippen molar-refractivity contribution in [2.45, 2.75) is 36.7 Å². The maximum atomic E-state index is 12.5. The minimum Gasteiger partial charge on any atom is -0.478 e. The monoisotopic (exact) mass is 327 g/mol. The van der Waals surface area contributed by atoms with Gasteiger partial charge in [-0.15, -0.1) is 0 Å². The normalized spacial score (nSPS) is 19.3. The summed E-state index contributed by atoms with van der Waals surface area (Å²) < 4.78 is 31.8. The van der Waals surface area contributed by atoms with Gasteiger partial charge in [0.15, 0.2) is 0 Å². The van der Waals surface area contributed by atoms with Crippen LogP contribution in [0.1, 0.15) is 36.0 Å². The highest BCUT2D eigenvalue weighted by molar-refractivity contribution is 7.89. The van der Waals surface area contributed by atoms with E-state index in [-0.39, 0.29) is 16.6 Å². The summed E-state index contributed by atoms with van der Waals surface area (Å²) in [7, 11) is -2.18. The SMILES string of the molecule is CN(CCC1CCCCO1)S(=O)(=O)c1cccc(C(=O)O)c1. The van der Waals surface area contributed by atoms with Gasteiger partial charge in [0, 0.05) is 20.2 Å². The lowest BCUT2D eigenvalue weighted by Gasteiger charge is -2.25. The summed E-state index contributed by atoms with van der Waals surface area (Å²) in [5.74, 6) is -1.14. The van der Waals surface area contributed by atoms with Gasteiger partial charge in [0.2, 0.25) is 10.0 Å². The number of hydrogen-bond donors (Lipinski definition) is 1. The molecule has 22 heavy (non-hydrogen) atoms. The fourth-order valence-corrected chi connectivity index (χ4v) is 3.68. The van der Waals surface area contributed by atoms with E-state index >= 15 is 0 Å². The van der Waals surface area contributed by atoms with Crippen molar-refractivity contribution in [1.29, 1.82) is 0 Å². The Balaban J connectivity index is 2.05. The van der Waals surface area contributed by atoms with Crippen LogP contribution < -0.4 is 0 Å². The molecule has 1 aromatic carbocycles. The number of ether oxygens (including phenoxy) is 1. The molecule has 0 aromatic heterocycles. The second kappa shape index (κ2) is 7.21. The predicted molar refractivity (Wildman–Crippen MR) is 81.4 cm³/mol. The molecule has 7 heteroatoms. The number of hydrogen-bond acceptors (Lipinski definition) is 4. The van der Waals surface area contributed by atoms with Crippen LogP contribution in [0.4, 0.5) is 0 Å². The lowest BCUT2D eigenvalue weighted by molar-refractivity contribution is 0.00950. The van der Waals surface area contributed by atoms with Crippen molar-refractivity contribution >= 4 is 16.0 Å². The molecule has 0 aliphatic carbocycles. The number of carboxylic acids is 1. The predicted octanol–water partition coefficient (Wildman–Crippen LogP) is 1.96. The zero-order valence-electron chi connectivity index (χ0n) is 12.6. The van der Waals surface area contributed by atoms with Gasteiger partial charge in [-0.25, -0.2) is 17.5 Å². The topological polar surface area (TPSA) is 83.9 Å². The van der Waals surface area contributed by atoms with Gasteiger partial charge in [0.1, 0.15) is 0 Å². The quantitative estimate of drug-likeness (QED) is 0.863. The summed E-state index contributed by atoms with van der Waals surface area (Å²) in [6, 6.07) is 5.41. The summed E-state index contributed by atoms with van der Waals surface area (Å²) in [6.07, 6.45) is 3.89. The fraction of sp³-hybridized carbons (Fsp3) is 0.533. The van der Waals surface area contributed by atoms with E-state index < -0.39 is 16.0 Å². The van der Waals surface area contributed by atoms with E-state index in [1.807, 2.05) is 0 Å². The third kappa shape index (κ3) is 4.06. The number of benzene rings is 1. The molecule has 1 atom stereocenters. The van der Waals surface area contributed by atoms with E-state index in [1.165, 1.54) is 35.6 Å². The highest BCUT2D eigenvalue weighted by Gasteiger charge is 2.23. The van der Waals surface area contributed by atoms with Crippen molar-refractivity contribution in [3.05, 3.63) is 29.8 Å². The Morgan fingerprint density at radius 1 is 1.41 bits per heavy atom. The molecule has 0 saturated carbocycles. The van der Waals surface area contributed by atoms with Crippen LogP contribution in [0.5, 0.6) is 0 Å². The lowest BCUT2D eigenvalue weighted by atomic mass is 10.1. The summed E-state index contributed by atoms with van der Waals surface area (Å²) in [5.41, 5.74) is -0.0370. The van der Waals surface area contributed by atoms with Crippen LogP contribution in [0.2, 0.25) is 0 Å². The summed E-state index contributed by atoms with van der Waals surface area (Å²) in [5, 5.41) is 8.96. The van der Waals surface area contributed by atoms with Crippen LogP contribution >= 0.6 is 0 Å². The Kier molecular flexibility index (Phi) is 5.55. The van der Waals surface area contributed by atoms with E-state index in [2.05, 4.69) is 0 Å². The molecule has 2 rings (SSSR count). The second-order valence-electron chi connectivity index (χ2n) is 5.44. The molecule has 0 spiro atoms. The Morgan fingerprint density at radius 3 is 2.82 bits per heavy atom. The van der Waals surface area contributed by atoms with Gasteiger partial charge in [-0.2, -0.15) is 0 Å². The molecule has 6 nitrogen and oxygen atoms in total. The Hall–Kier alpha value is -1.44. The average molecular weight is 327 g/mol. The zero-order chi connectivity index (χ0) is 16.2. The molecule has 1 N–H and O–H groups in total. The summed E-state index contributed by atoms with van der Waals surface area (Å²) >= 11 is 0. The van der Waals surface area contributed by atoms with Gasteiger partial charge in [-0.05, 0) is 43.9 Å². The van der Waals surface area contributed by atoms with E-state index in [4.69, 9.17) is 9.84 Å². The smallest absolute Gasteiger partial charge is 0.335 e. The molecule has 1 unspecified atom stereocenters. The number of carboxylic acid groups (broad SMARTS) is 1. The van der Waals surface area contributed by atoms with Crippen LogP contribution in [0.25, 0.3) is 0 Å². The van der Waals surface area contributed by atoms with Crippen LogP contribution in [0.3, 0.4) is 0 Å². The largest absolute Gasteiger partial charge is 0.478 e. The number of aromatic carboxylic acids is 1. The molecule has 0 amide bonds. The Morgan fingerprint density at radius 2 is 2.18 bits per heavy atom. The lowest BCUT2D eigenvalue weighted by Crippen LogP contribution is -2.31. The van der Waals surface area contributed by atoms with Crippen molar-refractivity contribution in [3.63, 3.8) is 0 Å². The Bertz CT molecular complexity index is 623. The third-order valence-electron chi connectivity index (χ3n) is 3.83. The number of carbonyl (C=O) groups is 1. The molecule has 1 fully saturated rings. The van der Waals surface area contributed by atoms with Gasteiger partial charge in [-0.3, -0.25) is 0 Å². The fourth-order valence-electron chi connectivity index (χ4n) is 2.45. The van der Waals surface area contributed by atoms with Crippen LogP contribution in [0.15, 0.2) is 29.2 Å². The first-order valence-corrected chi connectivity index (χ1v) is 8.76. The zero-order valence-corrected chi connectivity index (χ0v) is 13.4. The Labute approximate surface area is 130 Å². The highest BCUT2D eigenvalue weighted by atomic mass is 32.2. The number of sulfonamides is 1. The van der Waals surface area contributed by atoms with E-state index in [0.717, 1.165) is 25.9 Å². The van der Waals surface area contributed by atoms with Crippen molar-refractivity contribution in [2.75, 3.05) is 20.2 Å². The molecule has 122 valence electrons. The third-order valence-corrected chi connectivity index (χ3v) is 5.68. The highest BCUT2D eigenvalue weighted by Crippen LogP contribution is 2.19. The molecule has 0 radical (unpaired) electrons. The maximum Gasteiger partial charge on any atom is 0.335 e. The summed E-state index contributed by atoms with van der Waals surface area (Å²) in [6.45, 7) is 1.09. The first-order chi connectivity index (χ1) is 10.4. The van der Waals surface area contributed by atoms with Gasteiger partial charge in [0.25, 0.3) is 0 Å². The van der Waals surface area contributed by atoms with Crippen LogP contribution in [0, 0.1) is 0 Å². The molecule has 0 bridgehead atoms. The summed E-state index contributed by atoms with van der Waals surface area (Å²) in [4.78, 5) is 11.0. The van der Waals surface area contributed by atoms with E-state index in [1.54, 1.807) is 0 Å². The minimum atomic E-state index is -3.68. The maximum absolute atomic E-state index is 12.5. The van der Waals surface area contributed by atoms with Crippen LogP contribution in [-0.2, 0) is 14.8 Å². The van der Waals surface area contributed by atoms with Crippen molar-refractivity contribution in [3.8, 4) is 0 Å². The standard InChI is InChI=1S/C15H21NO5S/c1-16(9-8-13-6-2-3-10-21-13)22(19,20)14-7-4-5-12(11-14)15(17)18/h4-5,7,11,13H,2-3,6,8-10H2,1H3,(H,17,18). The number of rotatable bonds is 6. The van der Waals surface area contributed by atoms with Crippen molar-refractivity contribution < 1.29 is 23.1 Å². The first-order valence-electron chi connectivity index (χ1n) is 7.32. The van der Waals surface area contributed by atoms with Crippen molar-refractivity contribution in [1.82, 2.24) is 4.31 Å². The van der Waals surface area contributed by atoms with Gasteiger partial charge in [0.05, 0.1) is 16.6 Å². The molecular formula is C15H21NO5S. The van der Waals surface area contributed by atoms with E-state index in [0.29, 0.717) is 13.0 Å². The van der Waals surface area contributed by atoms with Gasteiger partial charge >= 0.3 is 5.97 Å². The first kappa shape index (κ1) is 16.9. The van der Waals surface area contributed by atoms with Gasteiger partial charge < -0.3 is 9.84 Å². The molecular weight excluding hydrogens is 306 g/mol. The second-order valence-corrected chi connectivity index (χ2v) is 7.48. The molecule has 1 aliphatic rings. The number of nitrogens with zero attached hydrogens (tertiary/aromatic N) is 1. The van der Waals surface area contributed by atoms with E-state index in [9.17, 15) is 13.2 Å².